The third-order valence-corrected chi connectivity index (χ3v) is 3.14. The first-order chi connectivity index (χ1) is 8.88. The average Bonchev–Trinajstić information content (AvgIpc) is 2.47. The molecule has 3 rings (SSSR count). The number of rotatable bonds is 2. The molecular formula is C13H15N4O. The fraction of sp³-hybridized carbons (Fsp3) is 0.385. The summed E-state index contributed by atoms with van der Waals surface area (Å²) < 4.78 is 5.19. The van der Waals surface area contributed by atoms with Crippen molar-refractivity contribution in [2.24, 2.45) is 0 Å². The summed E-state index contributed by atoms with van der Waals surface area (Å²) in [5, 5.41) is 4.36. The molecule has 0 amide bonds. The van der Waals surface area contributed by atoms with Crippen molar-refractivity contribution in [3.63, 3.8) is 0 Å². The summed E-state index contributed by atoms with van der Waals surface area (Å²) in [4.78, 5) is 11.2. The molecule has 2 aromatic heterocycles. The van der Waals surface area contributed by atoms with E-state index in [9.17, 15) is 0 Å². The van der Waals surface area contributed by atoms with Crippen LogP contribution in [-0.4, -0.2) is 43.3 Å². The Kier molecular flexibility index (Phi) is 2.98. The van der Waals surface area contributed by atoms with E-state index in [1.807, 2.05) is 24.4 Å². The first kappa shape index (κ1) is 11.2. The molecule has 0 bridgehead atoms. The molecule has 0 aromatic carbocycles. The lowest BCUT2D eigenvalue weighted by molar-refractivity contribution is 0.399. The second-order valence-electron chi connectivity index (χ2n) is 4.21. The van der Waals surface area contributed by atoms with E-state index >= 15 is 0 Å². The van der Waals surface area contributed by atoms with Crippen molar-refractivity contribution in [3.05, 3.63) is 24.4 Å². The maximum absolute atomic E-state index is 5.19. The zero-order valence-electron chi connectivity index (χ0n) is 10.3. The first-order valence-electron chi connectivity index (χ1n) is 6.06. The van der Waals surface area contributed by atoms with Crippen LogP contribution in [0.2, 0.25) is 0 Å². The summed E-state index contributed by atoms with van der Waals surface area (Å²) in [6.45, 7) is 3.65. The van der Waals surface area contributed by atoms with Crippen molar-refractivity contribution < 1.29 is 4.74 Å². The highest BCUT2D eigenvalue weighted by Gasteiger charge is 2.15. The Bertz CT molecular complexity index is 552. The second-order valence-corrected chi connectivity index (χ2v) is 4.21. The molecule has 1 saturated heterocycles. The van der Waals surface area contributed by atoms with Crippen molar-refractivity contribution in [1.29, 1.82) is 0 Å². The van der Waals surface area contributed by atoms with Crippen molar-refractivity contribution in [2.45, 2.75) is 0 Å². The van der Waals surface area contributed by atoms with Gasteiger partial charge in [-0.3, -0.25) is 4.98 Å². The molecule has 0 unspecified atom stereocenters. The Hall–Kier alpha value is -1.88. The van der Waals surface area contributed by atoms with Gasteiger partial charge < -0.3 is 9.64 Å². The van der Waals surface area contributed by atoms with E-state index in [1.165, 1.54) is 0 Å². The van der Waals surface area contributed by atoms with Crippen LogP contribution in [0.1, 0.15) is 0 Å². The number of nitrogens with zero attached hydrogens (tertiary/aromatic N) is 4. The van der Waals surface area contributed by atoms with Crippen molar-refractivity contribution in [3.8, 4) is 5.88 Å². The van der Waals surface area contributed by atoms with Gasteiger partial charge >= 0.3 is 0 Å². The maximum Gasteiger partial charge on any atom is 0.213 e. The van der Waals surface area contributed by atoms with Gasteiger partial charge in [-0.2, -0.15) is 0 Å². The third-order valence-electron chi connectivity index (χ3n) is 3.14. The molecule has 0 atom stereocenters. The summed E-state index contributed by atoms with van der Waals surface area (Å²) in [7, 11) is 1.63. The number of ether oxygens (including phenoxy) is 1. The van der Waals surface area contributed by atoms with Crippen LogP contribution in [0.15, 0.2) is 24.4 Å². The third kappa shape index (κ3) is 1.97. The molecule has 18 heavy (non-hydrogen) atoms. The second kappa shape index (κ2) is 4.78. The van der Waals surface area contributed by atoms with Crippen LogP contribution in [0.5, 0.6) is 5.88 Å². The van der Waals surface area contributed by atoms with Gasteiger partial charge in [-0.25, -0.2) is 10.3 Å². The summed E-state index contributed by atoms with van der Waals surface area (Å²) in [6.07, 6.45) is 1.83. The minimum absolute atomic E-state index is 0.624. The van der Waals surface area contributed by atoms with Crippen LogP contribution >= 0.6 is 0 Å². The van der Waals surface area contributed by atoms with Gasteiger partial charge in [-0.15, -0.1) is 0 Å². The fourth-order valence-electron chi connectivity index (χ4n) is 2.21. The Balaban J connectivity index is 2.09. The van der Waals surface area contributed by atoms with Crippen LogP contribution in [-0.2, 0) is 0 Å². The lowest BCUT2D eigenvalue weighted by Crippen LogP contribution is -2.40. The highest BCUT2D eigenvalue weighted by atomic mass is 16.5. The van der Waals surface area contributed by atoms with Gasteiger partial charge in [0.05, 0.1) is 18.3 Å². The molecule has 0 aliphatic carbocycles. The molecule has 2 aromatic rings. The van der Waals surface area contributed by atoms with E-state index < -0.39 is 0 Å². The standard InChI is InChI=1S/C13H15N4O/c1-18-12-3-2-10-13(16-12)11(4-5-15-10)17-8-6-14-7-9-17/h2-5H,6-9H2,1H3. The minimum Gasteiger partial charge on any atom is -0.481 e. The number of pyridine rings is 2. The highest BCUT2D eigenvalue weighted by Crippen LogP contribution is 2.25. The predicted molar refractivity (Wildman–Crippen MR) is 70.2 cm³/mol. The average molecular weight is 243 g/mol. The Morgan fingerprint density at radius 3 is 2.78 bits per heavy atom. The number of fused-ring (bicyclic) bond motifs is 1. The molecule has 1 fully saturated rings. The van der Waals surface area contributed by atoms with E-state index in [0.717, 1.165) is 42.9 Å². The van der Waals surface area contributed by atoms with E-state index in [-0.39, 0.29) is 0 Å². The van der Waals surface area contributed by atoms with E-state index in [4.69, 9.17) is 4.74 Å². The normalized spacial score (nSPS) is 15.9. The summed E-state index contributed by atoms with van der Waals surface area (Å²) >= 11 is 0. The fourth-order valence-corrected chi connectivity index (χ4v) is 2.21. The van der Waals surface area contributed by atoms with Gasteiger partial charge in [0.2, 0.25) is 5.88 Å². The van der Waals surface area contributed by atoms with Gasteiger partial charge in [0.15, 0.2) is 0 Å². The molecule has 1 aliphatic heterocycles. The van der Waals surface area contributed by atoms with Crippen molar-refractivity contribution in [1.82, 2.24) is 15.3 Å². The lowest BCUT2D eigenvalue weighted by Gasteiger charge is -2.29. The SMILES string of the molecule is COc1ccc2nccc(N3CC[N]CC3)c2n1. The molecule has 3 heterocycles. The van der Waals surface area contributed by atoms with Crippen LogP contribution in [0.3, 0.4) is 0 Å². The van der Waals surface area contributed by atoms with Crippen LogP contribution in [0, 0.1) is 0 Å². The van der Waals surface area contributed by atoms with Gasteiger partial charge in [0.1, 0.15) is 5.52 Å². The van der Waals surface area contributed by atoms with Gasteiger partial charge in [-0.1, -0.05) is 0 Å². The highest BCUT2D eigenvalue weighted by molar-refractivity contribution is 5.88. The zero-order valence-corrected chi connectivity index (χ0v) is 10.3. The molecule has 5 nitrogen and oxygen atoms in total. The molecule has 0 spiro atoms. The number of anilines is 1. The first-order valence-corrected chi connectivity index (χ1v) is 6.06. The quantitative estimate of drug-likeness (QED) is 0.791. The smallest absolute Gasteiger partial charge is 0.213 e. The number of piperazine rings is 1. The van der Waals surface area contributed by atoms with Crippen molar-refractivity contribution in [2.75, 3.05) is 38.2 Å². The molecule has 5 heteroatoms. The molecule has 0 N–H and O–H groups in total. The zero-order chi connectivity index (χ0) is 12.4. The monoisotopic (exact) mass is 243 g/mol. The molecule has 93 valence electrons. The van der Waals surface area contributed by atoms with Crippen molar-refractivity contribution >= 4 is 16.7 Å². The summed E-state index contributed by atoms with van der Waals surface area (Å²) in [5.41, 5.74) is 2.92. The van der Waals surface area contributed by atoms with Gasteiger partial charge in [0.25, 0.3) is 0 Å². The number of hydrogen-bond donors (Lipinski definition) is 0. The topological polar surface area (TPSA) is 52.4 Å². The van der Waals surface area contributed by atoms with Crippen LogP contribution < -0.4 is 15.0 Å². The lowest BCUT2D eigenvalue weighted by atomic mass is 10.2. The molecule has 1 radical (unpaired) electrons. The van der Waals surface area contributed by atoms with E-state index in [2.05, 4.69) is 20.2 Å². The molecule has 1 aliphatic rings. The Morgan fingerprint density at radius 1 is 1.17 bits per heavy atom. The van der Waals surface area contributed by atoms with Gasteiger partial charge in [-0.05, 0) is 12.1 Å². The Morgan fingerprint density at radius 2 is 2.00 bits per heavy atom. The van der Waals surface area contributed by atoms with E-state index in [0.29, 0.717) is 5.88 Å². The Labute approximate surface area is 106 Å². The molecule has 0 saturated carbocycles. The van der Waals surface area contributed by atoms with Crippen LogP contribution in [0.25, 0.3) is 11.0 Å². The summed E-state index contributed by atoms with van der Waals surface area (Å²) in [6, 6.07) is 5.80. The summed E-state index contributed by atoms with van der Waals surface area (Å²) in [5.74, 6) is 0.624. The number of hydrogen-bond acceptors (Lipinski definition) is 4. The van der Waals surface area contributed by atoms with E-state index in [1.54, 1.807) is 7.11 Å². The molecular weight excluding hydrogens is 228 g/mol. The van der Waals surface area contributed by atoms with Crippen LogP contribution in [0.4, 0.5) is 5.69 Å². The number of aromatic nitrogens is 2. The minimum atomic E-state index is 0.624. The maximum atomic E-state index is 5.19. The largest absolute Gasteiger partial charge is 0.481 e. The number of methoxy groups -OCH3 is 1. The van der Waals surface area contributed by atoms with Gasteiger partial charge in [0, 0.05) is 38.4 Å². The predicted octanol–water partition coefficient (Wildman–Crippen LogP) is 1.06.